The number of carbonyl (C=O) groups is 1. The Morgan fingerprint density at radius 1 is 1.43 bits per heavy atom. The summed E-state index contributed by atoms with van der Waals surface area (Å²) in [5.74, 6) is -0.211. The zero-order chi connectivity index (χ0) is 10.1. The summed E-state index contributed by atoms with van der Waals surface area (Å²) in [7, 11) is 0. The summed E-state index contributed by atoms with van der Waals surface area (Å²) in [5.41, 5.74) is 7.76. The minimum Gasteiger partial charge on any atom is -0.369 e. The van der Waals surface area contributed by atoms with Crippen LogP contribution in [0.1, 0.15) is 17.5 Å². The van der Waals surface area contributed by atoms with E-state index in [4.69, 9.17) is 17.3 Å². The van der Waals surface area contributed by atoms with E-state index in [1.807, 2.05) is 18.2 Å². The molecule has 0 fully saturated rings. The van der Waals surface area contributed by atoms with E-state index in [1.165, 1.54) is 11.1 Å². The van der Waals surface area contributed by atoms with Crippen LogP contribution in [0.5, 0.6) is 0 Å². The van der Waals surface area contributed by atoms with Crippen LogP contribution in [-0.4, -0.2) is 5.91 Å². The summed E-state index contributed by atoms with van der Waals surface area (Å²) in [6.45, 7) is 0. The topological polar surface area (TPSA) is 43.1 Å². The van der Waals surface area contributed by atoms with Crippen LogP contribution in [0.4, 0.5) is 0 Å². The van der Waals surface area contributed by atoms with E-state index in [2.05, 4.69) is 0 Å². The predicted octanol–water partition coefficient (Wildman–Crippen LogP) is 1.93. The van der Waals surface area contributed by atoms with Gasteiger partial charge in [0.2, 0.25) is 5.91 Å². The van der Waals surface area contributed by atoms with Crippen molar-refractivity contribution in [3.8, 4) is 0 Å². The molecule has 0 radical (unpaired) electrons. The van der Waals surface area contributed by atoms with Gasteiger partial charge in [-0.15, -0.1) is 0 Å². The van der Waals surface area contributed by atoms with Crippen LogP contribution in [-0.2, 0) is 17.6 Å². The molecule has 0 saturated carbocycles. The lowest BCUT2D eigenvalue weighted by Crippen LogP contribution is -2.28. The molecule has 2 nitrogen and oxygen atoms in total. The molecule has 0 heterocycles. The number of halogens is 1. The number of benzene rings is 1. The van der Waals surface area contributed by atoms with Gasteiger partial charge in [0.05, 0.1) is 0 Å². The number of fused-ring (bicyclic) bond motifs is 1. The second kappa shape index (κ2) is 3.62. The minimum absolute atomic E-state index is 0.0130. The molecule has 0 aliphatic heterocycles. The predicted molar refractivity (Wildman–Crippen MR) is 56.2 cm³/mol. The van der Waals surface area contributed by atoms with Gasteiger partial charge in [-0.05, 0) is 42.5 Å². The van der Waals surface area contributed by atoms with Crippen molar-refractivity contribution < 1.29 is 4.79 Å². The average Bonchev–Trinajstić information content (AvgIpc) is 2.16. The minimum atomic E-state index is -0.198. The fraction of sp³-hybridized carbons (Fsp3) is 0.364. The van der Waals surface area contributed by atoms with Gasteiger partial charge >= 0.3 is 0 Å². The molecule has 0 aromatic heterocycles. The molecule has 0 spiro atoms. The van der Waals surface area contributed by atoms with E-state index < -0.39 is 0 Å². The van der Waals surface area contributed by atoms with Gasteiger partial charge in [-0.3, -0.25) is 4.79 Å². The number of hydrogen-bond donors (Lipinski definition) is 1. The highest BCUT2D eigenvalue weighted by atomic mass is 35.5. The number of amides is 1. The Balaban J connectivity index is 2.29. The second-order valence-electron chi connectivity index (χ2n) is 3.76. The van der Waals surface area contributed by atoms with Crippen molar-refractivity contribution in [1.82, 2.24) is 0 Å². The fourth-order valence-electron chi connectivity index (χ4n) is 1.97. The summed E-state index contributed by atoms with van der Waals surface area (Å²) >= 11 is 5.89. The molecule has 2 rings (SSSR count). The molecule has 1 aliphatic rings. The van der Waals surface area contributed by atoms with Crippen molar-refractivity contribution in [1.29, 1.82) is 0 Å². The molecule has 1 unspecified atom stereocenters. The van der Waals surface area contributed by atoms with Crippen LogP contribution in [0, 0.1) is 5.92 Å². The third-order valence-corrected chi connectivity index (χ3v) is 3.03. The molecular weight excluding hydrogens is 198 g/mol. The molecule has 2 N–H and O–H groups in total. The Bertz CT molecular complexity index is 376. The molecule has 14 heavy (non-hydrogen) atoms. The van der Waals surface area contributed by atoms with E-state index in [0.29, 0.717) is 0 Å². The first-order chi connectivity index (χ1) is 6.66. The van der Waals surface area contributed by atoms with Crippen LogP contribution in [0.2, 0.25) is 5.02 Å². The van der Waals surface area contributed by atoms with Crippen molar-refractivity contribution in [2.45, 2.75) is 19.3 Å². The van der Waals surface area contributed by atoms with E-state index in [1.54, 1.807) is 0 Å². The van der Waals surface area contributed by atoms with Crippen molar-refractivity contribution in [3.05, 3.63) is 34.3 Å². The highest BCUT2D eigenvalue weighted by molar-refractivity contribution is 6.30. The summed E-state index contributed by atoms with van der Waals surface area (Å²) < 4.78 is 0. The highest BCUT2D eigenvalue weighted by Crippen LogP contribution is 2.27. The largest absolute Gasteiger partial charge is 0.369 e. The lowest BCUT2D eigenvalue weighted by atomic mass is 9.83. The van der Waals surface area contributed by atoms with Crippen LogP contribution in [0.25, 0.3) is 0 Å². The molecule has 1 aromatic rings. The molecule has 1 atom stereocenters. The Kier molecular flexibility index (Phi) is 2.46. The summed E-state index contributed by atoms with van der Waals surface area (Å²) in [6.07, 6.45) is 2.54. The molecular formula is C11H12ClNO. The SMILES string of the molecule is NC(=O)C1CCc2ccc(Cl)cc2C1. The van der Waals surface area contributed by atoms with Gasteiger partial charge in [0.15, 0.2) is 0 Å². The monoisotopic (exact) mass is 209 g/mol. The van der Waals surface area contributed by atoms with Gasteiger partial charge in [-0.25, -0.2) is 0 Å². The molecule has 1 aromatic carbocycles. The van der Waals surface area contributed by atoms with Crippen molar-refractivity contribution >= 4 is 17.5 Å². The number of hydrogen-bond acceptors (Lipinski definition) is 1. The molecule has 3 heteroatoms. The summed E-state index contributed by atoms with van der Waals surface area (Å²) in [6, 6.07) is 5.87. The Hall–Kier alpha value is -1.02. The van der Waals surface area contributed by atoms with E-state index in [0.717, 1.165) is 24.3 Å². The number of nitrogens with two attached hydrogens (primary N) is 1. The van der Waals surface area contributed by atoms with Gasteiger partial charge in [-0.2, -0.15) is 0 Å². The molecule has 0 saturated heterocycles. The maximum absolute atomic E-state index is 11.0. The normalized spacial score (nSPS) is 20.2. The zero-order valence-electron chi connectivity index (χ0n) is 7.79. The number of primary amides is 1. The maximum atomic E-state index is 11.0. The van der Waals surface area contributed by atoms with Gasteiger partial charge < -0.3 is 5.73 Å². The van der Waals surface area contributed by atoms with Crippen LogP contribution in [0.3, 0.4) is 0 Å². The molecule has 1 amide bonds. The highest BCUT2D eigenvalue weighted by Gasteiger charge is 2.22. The van der Waals surface area contributed by atoms with Crippen molar-refractivity contribution in [3.63, 3.8) is 0 Å². The van der Waals surface area contributed by atoms with Gasteiger partial charge in [0.1, 0.15) is 0 Å². The zero-order valence-corrected chi connectivity index (χ0v) is 8.55. The lowest BCUT2D eigenvalue weighted by Gasteiger charge is -2.22. The van der Waals surface area contributed by atoms with Crippen LogP contribution in [0.15, 0.2) is 18.2 Å². The van der Waals surface area contributed by atoms with Crippen LogP contribution >= 0.6 is 11.6 Å². The first kappa shape index (κ1) is 9.53. The average molecular weight is 210 g/mol. The van der Waals surface area contributed by atoms with Crippen LogP contribution < -0.4 is 5.73 Å². The van der Waals surface area contributed by atoms with Crippen molar-refractivity contribution in [2.75, 3.05) is 0 Å². The third kappa shape index (κ3) is 1.75. The third-order valence-electron chi connectivity index (χ3n) is 2.80. The standard InChI is InChI=1S/C11H12ClNO/c12-10-4-3-7-1-2-8(11(13)14)5-9(7)6-10/h3-4,6,8H,1-2,5H2,(H2,13,14). The van der Waals surface area contributed by atoms with Gasteiger partial charge in [0.25, 0.3) is 0 Å². The first-order valence-corrected chi connectivity index (χ1v) is 5.11. The Morgan fingerprint density at radius 2 is 2.21 bits per heavy atom. The Labute approximate surface area is 88.1 Å². The van der Waals surface area contributed by atoms with Gasteiger partial charge in [0, 0.05) is 10.9 Å². The molecule has 74 valence electrons. The number of rotatable bonds is 1. The molecule has 0 bridgehead atoms. The van der Waals surface area contributed by atoms with E-state index >= 15 is 0 Å². The lowest BCUT2D eigenvalue weighted by molar-refractivity contribution is -0.122. The fourth-order valence-corrected chi connectivity index (χ4v) is 2.16. The number of carbonyl (C=O) groups excluding carboxylic acids is 1. The van der Waals surface area contributed by atoms with E-state index in [9.17, 15) is 4.79 Å². The summed E-state index contributed by atoms with van der Waals surface area (Å²) in [5, 5.41) is 0.730. The molecule has 1 aliphatic carbocycles. The number of aryl methyl sites for hydroxylation is 1. The van der Waals surface area contributed by atoms with Gasteiger partial charge in [-0.1, -0.05) is 17.7 Å². The van der Waals surface area contributed by atoms with Crippen molar-refractivity contribution in [2.24, 2.45) is 11.7 Å². The summed E-state index contributed by atoms with van der Waals surface area (Å²) in [4.78, 5) is 11.0. The van der Waals surface area contributed by atoms with E-state index in [-0.39, 0.29) is 11.8 Å². The second-order valence-corrected chi connectivity index (χ2v) is 4.19. The first-order valence-electron chi connectivity index (χ1n) is 4.73. The quantitative estimate of drug-likeness (QED) is 0.755. The smallest absolute Gasteiger partial charge is 0.220 e. The maximum Gasteiger partial charge on any atom is 0.220 e. The Morgan fingerprint density at radius 3 is 2.93 bits per heavy atom.